The highest BCUT2D eigenvalue weighted by Crippen LogP contribution is 2.33. The van der Waals surface area contributed by atoms with Gasteiger partial charge in [-0.2, -0.15) is 0 Å². The number of benzene rings is 1. The van der Waals surface area contributed by atoms with E-state index in [0.717, 1.165) is 44.7 Å². The van der Waals surface area contributed by atoms with E-state index < -0.39 is 4.92 Å². The van der Waals surface area contributed by atoms with E-state index in [0.29, 0.717) is 11.4 Å². The molecular formula is C14H19N5O3. The van der Waals surface area contributed by atoms with E-state index in [1.54, 1.807) is 6.07 Å². The third-order valence-electron chi connectivity index (χ3n) is 4.21. The number of piperidine rings is 1. The minimum atomic E-state index is -0.459. The largest absolute Gasteiger partial charge is 0.370 e. The lowest BCUT2D eigenvalue weighted by Crippen LogP contribution is -2.37. The Balaban J connectivity index is 1.79. The number of anilines is 1. The maximum Gasteiger partial charge on any atom is 0.300 e. The molecule has 1 aromatic carbocycles. The molecule has 22 heavy (non-hydrogen) atoms. The van der Waals surface area contributed by atoms with Gasteiger partial charge >= 0.3 is 5.69 Å². The smallest absolute Gasteiger partial charge is 0.300 e. The summed E-state index contributed by atoms with van der Waals surface area (Å²) >= 11 is 0. The molecule has 1 aromatic heterocycles. The van der Waals surface area contributed by atoms with Gasteiger partial charge in [-0.15, -0.1) is 0 Å². The maximum absolute atomic E-state index is 11.0. The van der Waals surface area contributed by atoms with Gasteiger partial charge in [0, 0.05) is 19.2 Å². The Morgan fingerprint density at radius 2 is 2.09 bits per heavy atom. The van der Waals surface area contributed by atoms with Crippen LogP contribution in [-0.2, 0) is 0 Å². The van der Waals surface area contributed by atoms with Crippen molar-refractivity contribution < 1.29 is 9.55 Å². The summed E-state index contributed by atoms with van der Waals surface area (Å²) in [6, 6.07) is 3.22. The predicted octanol–water partition coefficient (Wildman–Crippen LogP) is 1.96. The molecule has 0 bridgehead atoms. The van der Waals surface area contributed by atoms with Gasteiger partial charge in [-0.25, -0.2) is 4.63 Å². The van der Waals surface area contributed by atoms with Crippen LogP contribution in [0.5, 0.6) is 0 Å². The van der Waals surface area contributed by atoms with E-state index in [9.17, 15) is 10.1 Å². The third-order valence-corrected chi connectivity index (χ3v) is 4.21. The van der Waals surface area contributed by atoms with E-state index in [2.05, 4.69) is 27.5 Å². The molecule has 2 heterocycles. The van der Waals surface area contributed by atoms with Crippen molar-refractivity contribution in [2.24, 2.45) is 5.92 Å². The first-order valence-corrected chi connectivity index (χ1v) is 7.56. The van der Waals surface area contributed by atoms with Gasteiger partial charge in [0.05, 0.1) is 10.6 Å². The molecule has 0 radical (unpaired) electrons. The van der Waals surface area contributed by atoms with Crippen molar-refractivity contribution in [3.63, 3.8) is 0 Å². The molecule has 1 aliphatic heterocycles. The lowest BCUT2D eigenvalue weighted by atomic mass is 9.96. The van der Waals surface area contributed by atoms with Crippen molar-refractivity contribution in [2.75, 3.05) is 31.1 Å². The molecule has 0 amide bonds. The van der Waals surface area contributed by atoms with Crippen LogP contribution in [-0.4, -0.2) is 41.4 Å². The van der Waals surface area contributed by atoms with Crippen molar-refractivity contribution in [1.29, 1.82) is 0 Å². The Morgan fingerprint density at radius 3 is 2.77 bits per heavy atom. The Bertz CT molecular complexity index is 664. The van der Waals surface area contributed by atoms with E-state index >= 15 is 0 Å². The van der Waals surface area contributed by atoms with Gasteiger partial charge in [0.15, 0.2) is 5.52 Å². The quantitative estimate of drug-likeness (QED) is 0.666. The second-order valence-electron chi connectivity index (χ2n) is 5.56. The first-order valence-electron chi connectivity index (χ1n) is 7.56. The van der Waals surface area contributed by atoms with Crippen molar-refractivity contribution in [2.45, 2.75) is 19.8 Å². The van der Waals surface area contributed by atoms with Gasteiger partial charge in [-0.05, 0) is 48.2 Å². The average molecular weight is 305 g/mol. The average Bonchev–Trinajstić information content (AvgIpc) is 3.02. The number of hydrogen-bond donors (Lipinski definition) is 1. The fourth-order valence-corrected chi connectivity index (χ4v) is 2.97. The second-order valence-corrected chi connectivity index (χ2v) is 5.56. The fraction of sp³-hybridized carbons (Fsp3) is 0.571. The lowest BCUT2D eigenvalue weighted by molar-refractivity contribution is -0.383. The van der Waals surface area contributed by atoms with E-state index in [1.165, 1.54) is 6.07 Å². The first kappa shape index (κ1) is 14.7. The van der Waals surface area contributed by atoms with Crippen LogP contribution in [0.15, 0.2) is 16.8 Å². The number of fused-ring (bicyclic) bond motifs is 1. The van der Waals surface area contributed by atoms with E-state index in [1.807, 2.05) is 0 Å². The number of nitro groups is 1. The number of non-ortho nitro benzene ring substituents is 1. The van der Waals surface area contributed by atoms with Gasteiger partial charge in [0.25, 0.3) is 0 Å². The predicted molar refractivity (Wildman–Crippen MR) is 81.9 cm³/mol. The summed E-state index contributed by atoms with van der Waals surface area (Å²) < 4.78 is 4.72. The monoisotopic (exact) mass is 305 g/mol. The molecule has 2 aromatic rings. The van der Waals surface area contributed by atoms with Crippen LogP contribution in [0, 0.1) is 16.0 Å². The Kier molecular flexibility index (Phi) is 4.19. The zero-order chi connectivity index (χ0) is 15.5. The summed E-state index contributed by atoms with van der Waals surface area (Å²) in [6.45, 7) is 5.98. The molecule has 0 aliphatic carbocycles. The van der Waals surface area contributed by atoms with Gasteiger partial charge in [-0.1, -0.05) is 6.92 Å². The molecule has 1 fully saturated rings. The molecule has 0 saturated carbocycles. The number of hydrogen-bond acceptors (Lipinski definition) is 7. The standard InChI is InChI=1S/C14H19N5O3/c1-2-15-9-10-5-7-18(8-6-10)11-3-4-12(19(20)21)14-13(11)16-22-17-14/h3-4,10,15H,2,5-9H2,1H3. The highest BCUT2D eigenvalue weighted by molar-refractivity contribution is 5.93. The van der Waals surface area contributed by atoms with Crippen molar-refractivity contribution >= 4 is 22.4 Å². The highest BCUT2D eigenvalue weighted by Gasteiger charge is 2.25. The van der Waals surface area contributed by atoms with Gasteiger partial charge in [-0.3, -0.25) is 10.1 Å². The molecule has 1 aliphatic rings. The molecule has 0 spiro atoms. The summed E-state index contributed by atoms with van der Waals surface area (Å²) in [5.41, 5.74) is 1.49. The summed E-state index contributed by atoms with van der Waals surface area (Å²) in [6.07, 6.45) is 2.19. The van der Waals surface area contributed by atoms with Gasteiger partial charge in [0.1, 0.15) is 0 Å². The lowest BCUT2D eigenvalue weighted by Gasteiger charge is -2.33. The topological polar surface area (TPSA) is 97.3 Å². The molecule has 8 heteroatoms. The first-order chi connectivity index (χ1) is 10.7. The van der Waals surface area contributed by atoms with Gasteiger partial charge in [0.2, 0.25) is 5.52 Å². The summed E-state index contributed by atoms with van der Waals surface area (Å²) in [5, 5.41) is 22.0. The van der Waals surface area contributed by atoms with Crippen LogP contribution in [0.25, 0.3) is 11.0 Å². The van der Waals surface area contributed by atoms with Crippen LogP contribution < -0.4 is 10.2 Å². The SMILES string of the molecule is CCNCC1CCN(c2ccc([N+](=O)[O-])c3nonc23)CC1. The van der Waals surface area contributed by atoms with Crippen LogP contribution >= 0.6 is 0 Å². The summed E-state index contributed by atoms with van der Waals surface area (Å²) in [5.74, 6) is 0.681. The van der Waals surface area contributed by atoms with E-state index in [-0.39, 0.29) is 11.2 Å². The Morgan fingerprint density at radius 1 is 1.36 bits per heavy atom. The molecular weight excluding hydrogens is 286 g/mol. The van der Waals surface area contributed by atoms with Crippen LogP contribution in [0.4, 0.5) is 11.4 Å². The Labute approximate surface area is 127 Å². The number of nitro benzene ring substituents is 1. The normalized spacial score (nSPS) is 16.3. The highest BCUT2D eigenvalue weighted by atomic mass is 16.6. The van der Waals surface area contributed by atoms with Gasteiger partial charge < -0.3 is 10.2 Å². The van der Waals surface area contributed by atoms with Crippen LogP contribution in [0.1, 0.15) is 19.8 Å². The van der Waals surface area contributed by atoms with Crippen molar-refractivity contribution in [3.8, 4) is 0 Å². The number of nitrogens with one attached hydrogen (secondary N) is 1. The second kappa shape index (κ2) is 6.27. The maximum atomic E-state index is 11.0. The van der Waals surface area contributed by atoms with E-state index in [4.69, 9.17) is 4.63 Å². The summed E-state index contributed by atoms with van der Waals surface area (Å²) in [4.78, 5) is 12.8. The van der Waals surface area contributed by atoms with Crippen molar-refractivity contribution in [3.05, 3.63) is 22.2 Å². The molecule has 8 nitrogen and oxygen atoms in total. The molecule has 1 saturated heterocycles. The third kappa shape index (κ3) is 2.74. The summed E-state index contributed by atoms with van der Waals surface area (Å²) in [7, 11) is 0. The number of rotatable bonds is 5. The van der Waals surface area contributed by atoms with Crippen molar-refractivity contribution in [1.82, 2.24) is 15.6 Å². The fourth-order valence-electron chi connectivity index (χ4n) is 2.97. The molecule has 3 rings (SSSR count). The zero-order valence-electron chi connectivity index (χ0n) is 12.5. The molecule has 0 atom stereocenters. The molecule has 1 N–H and O–H groups in total. The molecule has 118 valence electrons. The number of nitrogens with zero attached hydrogens (tertiary/aromatic N) is 4. The minimum absolute atomic E-state index is 0.0676. The van der Waals surface area contributed by atoms with Crippen LogP contribution in [0.2, 0.25) is 0 Å². The molecule has 0 unspecified atom stereocenters. The zero-order valence-corrected chi connectivity index (χ0v) is 12.5. The number of aromatic nitrogens is 2. The Hall–Kier alpha value is -2.22. The van der Waals surface area contributed by atoms with Crippen LogP contribution in [0.3, 0.4) is 0 Å². The minimum Gasteiger partial charge on any atom is -0.370 e.